The monoisotopic (exact) mass is 252 g/mol. The van der Waals surface area contributed by atoms with Crippen molar-refractivity contribution in [1.29, 1.82) is 0 Å². The van der Waals surface area contributed by atoms with E-state index in [2.05, 4.69) is 0 Å². The standard InChI is InChI=1S/C9H16O6S/c1-3-14-4-5-15-8(10)6-16(13)7(2)9(11)12/h7H,3-6H2,1-2H3,(H,11,12). The Morgan fingerprint density at radius 2 is 2.00 bits per heavy atom. The number of carboxylic acids is 1. The average Bonchev–Trinajstić information content (AvgIpc) is 2.23. The normalized spacial score (nSPS) is 14.1. The van der Waals surface area contributed by atoms with Gasteiger partial charge in [-0.15, -0.1) is 0 Å². The number of aliphatic carboxylic acids is 1. The van der Waals surface area contributed by atoms with Gasteiger partial charge in [0, 0.05) is 17.4 Å². The van der Waals surface area contributed by atoms with Crippen LogP contribution >= 0.6 is 0 Å². The van der Waals surface area contributed by atoms with Gasteiger partial charge in [0.2, 0.25) is 0 Å². The minimum atomic E-state index is -1.75. The van der Waals surface area contributed by atoms with Crippen LogP contribution in [-0.4, -0.2) is 52.1 Å². The summed E-state index contributed by atoms with van der Waals surface area (Å²) in [5, 5.41) is 7.48. The van der Waals surface area contributed by atoms with Crippen LogP contribution in [0.3, 0.4) is 0 Å². The number of hydrogen-bond donors (Lipinski definition) is 1. The van der Waals surface area contributed by atoms with Crippen molar-refractivity contribution in [3.05, 3.63) is 0 Å². The maximum Gasteiger partial charge on any atom is 0.318 e. The molecular formula is C9H16O6S. The topological polar surface area (TPSA) is 89.9 Å². The van der Waals surface area contributed by atoms with Crippen LogP contribution in [0.4, 0.5) is 0 Å². The predicted molar refractivity (Wildman–Crippen MR) is 57.6 cm³/mol. The molecule has 6 nitrogen and oxygen atoms in total. The summed E-state index contributed by atoms with van der Waals surface area (Å²) in [7, 11) is -1.75. The molecule has 0 aliphatic carbocycles. The highest BCUT2D eigenvalue weighted by molar-refractivity contribution is 7.87. The molecule has 0 bridgehead atoms. The third-order valence-corrected chi connectivity index (χ3v) is 3.21. The summed E-state index contributed by atoms with van der Waals surface area (Å²) >= 11 is 0. The Morgan fingerprint density at radius 3 is 2.50 bits per heavy atom. The molecule has 7 heteroatoms. The largest absolute Gasteiger partial charge is 0.480 e. The first-order chi connectivity index (χ1) is 7.49. The van der Waals surface area contributed by atoms with E-state index in [4.69, 9.17) is 14.6 Å². The molecule has 0 fully saturated rings. The van der Waals surface area contributed by atoms with Crippen molar-refractivity contribution < 1.29 is 28.4 Å². The fourth-order valence-electron chi connectivity index (χ4n) is 0.754. The maximum atomic E-state index is 11.3. The Kier molecular flexibility index (Phi) is 7.74. The third-order valence-electron chi connectivity index (χ3n) is 1.70. The summed E-state index contributed by atoms with van der Waals surface area (Å²) in [6.45, 7) is 3.99. The molecule has 1 N–H and O–H groups in total. The van der Waals surface area contributed by atoms with Crippen LogP contribution in [0.25, 0.3) is 0 Å². The van der Waals surface area contributed by atoms with Gasteiger partial charge in [0.1, 0.15) is 17.6 Å². The number of hydrogen-bond acceptors (Lipinski definition) is 5. The Hall–Kier alpha value is -0.950. The molecule has 0 aromatic heterocycles. The number of esters is 1. The molecule has 0 aliphatic heterocycles. The van der Waals surface area contributed by atoms with Gasteiger partial charge in [0.15, 0.2) is 0 Å². The number of rotatable bonds is 8. The fraction of sp³-hybridized carbons (Fsp3) is 0.778. The van der Waals surface area contributed by atoms with Crippen LogP contribution in [0.2, 0.25) is 0 Å². The molecule has 2 unspecified atom stereocenters. The van der Waals surface area contributed by atoms with Gasteiger partial charge in [-0.1, -0.05) is 0 Å². The van der Waals surface area contributed by atoms with Gasteiger partial charge in [-0.3, -0.25) is 13.8 Å². The molecule has 0 rings (SSSR count). The van der Waals surface area contributed by atoms with Crippen LogP contribution in [0.1, 0.15) is 13.8 Å². The highest BCUT2D eigenvalue weighted by Crippen LogP contribution is 1.97. The van der Waals surface area contributed by atoms with Crippen LogP contribution < -0.4 is 0 Å². The number of carboxylic acid groups (broad SMARTS) is 1. The van der Waals surface area contributed by atoms with E-state index >= 15 is 0 Å². The zero-order valence-electron chi connectivity index (χ0n) is 9.30. The molecule has 0 heterocycles. The van der Waals surface area contributed by atoms with Crippen LogP contribution in [0, 0.1) is 0 Å². The van der Waals surface area contributed by atoms with Crippen molar-refractivity contribution in [2.75, 3.05) is 25.6 Å². The number of carbonyl (C=O) groups excluding carboxylic acids is 1. The average molecular weight is 252 g/mol. The summed E-state index contributed by atoms with van der Waals surface area (Å²) < 4.78 is 20.9. The van der Waals surface area contributed by atoms with E-state index in [1.807, 2.05) is 6.92 Å². The van der Waals surface area contributed by atoms with Gasteiger partial charge < -0.3 is 14.6 Å². The molecule has 0 aliphatic rings. The van der Waals surface area contributed by atoms with Crippen molar-refractivity contribution in [2.24, 2.45) is 0 Å². The molecule has 2 atom stereocenters. The minimum Gasteiger partial charge on any atom is -0.480 e. The molecule has 16 heavy (non-hydrogen) atoms. The lowest BCUT2D eigenvalue weighted by molar-refractivity contribution is -0.141. The number of carbonyl (C=O) groups is 2. The Labute approximate surface area is 96.4 Å². The van der Waals surface area contributed by atoms with Gasteiger partial charge >= 0.3 is 11.9 Å². The molecule has 0 spiro atoms. The maximum absolute atomic E-state index is 11.3. The van der Waals surface area contributed by atoms with Gasteiger partial charge in [0.25, 0.3) is 0 Å². The van der Waals surface area contributed by atoms with Gasteiger partial charge in [-0.2, -0.15) is 0 Å². The van der Waals surface area contributed by atoms with Gasteiger partial charge in [-0.25, -0.2) is 0 Å². The molecule has 0 amide bonds. The third kappa shape index (κ3) is 6.52. The second kappa shape index (κ2) is 8.23. The Bertz CT molecular complexity index is 265. The summed E-state index contributed by atoms with van der Waals surface area (Å²) in [5.41, 5.74) is 0. The van der Waals surface area contributed by atoms with E-state index in [0.717, 1.165) is 0 Å². The first-order valence-corrected chi connectivity index (χ1v) is 6.20. The quantitative estimate of drug-likeness (QED) is 0.475. The van der Waals surface area contributed by atoms with Crippen LogP contribution in [0.5, 0.6) is 0 Å². The van der Waals surface area contributed by atoms with Crippen molar-refractivity contribution in [3.8, 4) is 0 Å². The van der Waals surface area contributed by atoms with E-state index in [1.54, 1.807) is 0 Å². The highest BCUT2D eigenvalue weighted by Gasteiger charge is 2.21. The smallest absolute Gasteiger partial charge is 0.318 e. The zero-order chi connectivity index (χ0) is 12.6. The van der Waals surface area contributed by atoms with E-state index in [1.165, 1.54) is 6.92 Å². The lowest BCUT2D eigenvalue weighted by Gasteiger charge is -2.07. The van der Waals surface area contributed by atoms with Gasteiger partial charge in [-0.05, 0) is 13.8 Å². The summed E-state index contributed by atoms with van der Waals surface area (Å²) in [4.78, 5) is 21.5. The van der Waals surface area contributed by atoms with Crippen LogP contribution in [0.15, 0.2) is 0 Å². The van der Waals surface area contributed by atoms with E-state index in [0.29, 0.717) is 6.61 Å². The lowest BCUT2D eigenvalue weighted by Crippen LogP contribution is -2.28. The summed E-state index contributed by atoms with van der Waals surface area (Å²) in [5.74, 6) is -2.27. The van der Waals surface area contributed by atoms with E-state index in [9.17, 15) is 13.8 Å². The first-order valence-electron chi connectivity index (χ1n) is 4.82. The fourth-order valence-corrected chi connectivity index (χ4v) is 1.54. The second-order valence-electron chi connectivity index (χ2n) is 2.92. The highest BCUT2D eigenvalue weighted by atomic mass is 32.2. The molecular weight excluding hydrogens is 236 g/mol. The Balaban J connectivity index is 3.79. The number of ether oxygens (including phenoxy) is 2. The zero-order valence-corrected chi connectivity index (χ0v) is 10.1. The minimum absolute atomic E-state index is 0.0886. The van der Waals surface area contributed by atoms with Gasteiger partial charge in [0.05, 0.1) is 6.61 Å². The SMILES string of the molecule is CCOCCOC(=O)CS(=O)C(C)C(=O)O. The molecule has 94 valence electrons. The van der Waals surface area contributed by atoms with E-state index < -0.39 is 33.7 Å². The van der Waals surface area contributed by atoms with Crippen molar-refractivity contribution in [3.63, 3.8) is 0 Å². The summed E-state index contributed by atoms with van der Waals surface area (Å²) in [6, 6.07) is 0. The molecule has 0 saturated heterocycles. The molecule has 0 radical (unpaired) electrons. The van der Waals surface area contributed by atoms with Crippen molar-refractivity contribution in [2.45, 2.75) is 19.1 Å². The van der Waals surface area contributed by atoms with Crippen molar-refractivity contribution in [1.82, 2.24) is 0 Å². The predicted octanol–water partition coefficient (Wildman–Crippen LogP) is -0.212. The lowest BCUT2D eigenvalue weighted by atomic mass is 10.5. The van der Waals surface area contributed by atoms with Crippen LogP contribution in [-0.2, 0) is 29.9 Å². The molecule has 0 aromatic carbocycles. The summed E-state index contributed by atoms with van der Waals surface area (Å²) in [6.07, 6.45) is 0. The van der Waals surface area contributed by atoms with E-state index in [-0.39, 0.29) is 13.2 Å². The second-order valence-corrected chi connectivity index (χ2v) is 4.68. The Morgan fingerprint density at radius 1 is 1.38 bits per heavy atom. The molecule has 0 saturated carbocycles. The first kappa shape index (κ1) is 15.0. The van der Waals surface area contributed by atoms with Crippen molar-refractivity contribution >= 4 is 22.7 Å². The molecule has 0 aromatic rings.